The van der Waals surface area contributed by atoms with Crippen LogP contribution in [0.5, 0.6) is 0 Å². The van der Waals surface area contributed by atoms with E-state index in [2.05, 4.69) is 0 Å². The smallest absolute Gasteiger partial charge is 0.206 e. The molecule has 0 aromatic heterocycles. The second-order valence-corrected chi connectivity index (χ2v) is 3.76. The Morgan fingerprint density at radius 1 is 1.33 bits per heavy atom. The molecule has 0 spiro atoms. The molecular formula is C8H6F3I. The lowest BCUT2D eigenvalue weighted by atomic mass is 10.1. The molecule has 0 aliphatic heterocycles. The SMILES string of the molecule is CC(F)(F)c1ccc(I)cc1F. The van der Waals surface area contributed by atoms with E-state index >= 15 is 0 Å². The highest BCUT2D eigenvalue weighted by Crippen LogP contribution is 2.29. The van der Waals surface area contributed by atoms with Gasteiger partial charge in [-0.05, 0) is 40.8 Å². The molecule has 1 rings (SSSR count). The van der Waals surface area contributed by atoms with Gasteiger partial charge in [-0.25, -0.2) is 13.2 Å². The van der Waals surface area contributed by atoms with E-state index in [1.807, 2.05) is 22.6 Å². The van der Waals surface area contributed by atoms with Crippen molar-refractivity contribution >= 4 is 22.6 Å². The number of hydrogen-bond acceptors (Lipinski definition) is 0. The fourth-order valence-electron chi connectivity index (χ4n) is 0.845. The number of halogens is 4. The van der Waals surface area contributed by atoms with Crippen molar-refractivity contribution in [1.29, 1.82) is 0 Å². The Bertz CT molecular complexity index is 291. The fourth-order valence-corrected chi connectivity index (χ4v) is 1.30. The molecule has 0 aliphatic carbocycles. The van der Waals surface area contributed by atoms with Crippen LogP contribution in [0.1, 0.15) is 12.5 Å². The van der Waals surface area contributed by atoms with Crippen LogP contribution in [-0.4, -0.2) is 0 Å². The molecule has 0 nitrogen and oxygen atoms in total. The van der Waals surface area contributed by atoms with Crippen molar-refractivity contribution in [2.75, 3.05) is 0 Å². The summed E-state index contributed by atoms with van der Waals surface area (Å²) in [5.74, 6) is -3.96. The molecule has 66 valence electrons. The number of rotatable bonds is 1. The van der Waals surface area contributed by atoms with Crippen LogP contribution in [0, 0.1) is 9.39 Å². The van der Waals surface area contributed by atoms with Gasteiger partial charge in [0.25, 0.3) is 5.92 Å². The highest BCUT2D eigenvalue weighted by Gasteiger charge is 2.27. The lowest BCUT2D eigenvalue weighted by Gasteiger charge is -2.11. The molecule has 1 aromatic rings. The van der Waals surface area contributed by atoms with Gasteiger partial charge in [-0.3, -0.25) is 0 Å². The standard InChI is InChI=1S/C8H6F3I/c1-8(10,11)6-3-2-5(12)4-7(6)9/h2-4H,1H3. The first-order chi connectivity index (χ1) is 5.41. The maximum absolute atomic E-state index is 12.9. The van der Waals surface area contributed by atoms with E-state index in [9.17, 15) is 13.2 Å². The maximum Gasteiger partial charge on any atom is 0.273 e. The van der Waals surface area contributed by atoms with Crippen molar-refractivity contribution in [1.82, 2.24) is 0 Å². The second-order valence-electron chi connectivity index (χ2n) is 2.51. The van der Waals surface area contributed by atoms with Crippen LogP contribution in [0.25, 0.3) is 0 Å². The van der Waals surface area contributed by atoms with Gasteiger partial charge in [0.1, 0.15) is 5.82 Å². The lowest BCUT2D eigenvalue weighted by Crippen LogP contribution is -2.09. The normalized spacial score (nSPS) is 11.8. The van der Waals surface area contributed by atoms with E-state index in [0.29, 0.717) is 10.5 Å². The lowest BCUT2D eigenvalue weighted by molar-refractivity contribution is 0.0137. The van der Waals surface area contributed by atoms with Crippen LogP contribution in [0.3, 0.4) is 0 Å². The summed E-state index contributed by atoms with van der Waals surface area (Å²) in [6.07, 6.45) is 0. The summed E-state index contributed by atoms with van der Waals surface area (Å²) < 4.78 is 38.7. The third-order valence-electron chi connectivity index (χ3n) is 1.40. The molecule has 0 atom stereocenters. The molecule has 0 N–H and O–H groups in total. The Kier molecular flexibility index (Phi) is 2.65. The minimum atomic E-state index is -3.10. The summed E-state index contributed by atoms with van der Waals surface area (Å²) >= 11 is 1.87. The Morgan fingerprint density at radius 2 is 1.92 bits per heavy atom. The van der Waals surface area contributed by atoms with Crippen molar-refractivity contribution in [2.45, 2.75) is 12.8 Å². The second kappa shape index (κ2) is 3.24. The van der Waals surface area contributed by atoms with Gasteiger partial charge in [-0.1, -0.05) is 0 Å². The molecule has 12 heavy (non-hydrogen) atoms. The molecule has 4 heteroatoms. The maximum atomic E-state index is 12.9. The van der Waals surface area contributed by atoms with Crippen molar-refractivity contribution < 1.29 is 13.2 Å². The Balaban J connectivity index is 3.19. The van der Waals surface area contributed by atoms with E-state index in [0.717, 1.165) is 12.1 Å². The average molecular weight is 286 g/mol. The van der Waals surface area contributed by atoms with Gasteiger partial charge in [0.15, 0.2) is 0 Å². The van der Waals surface area contributed by atoms with Crippen LogP contribution in [-0.2, 0) is 5.92 Å². The monoisotopic (exact) mass is 286 g/mol. The molecule has 0 heterocycles. The van der Waals surface area contributed by atoms with Gasteiger partial charge in [-0.15, -0.1) is 0 Å². The topological polar surface area (TPSA) is 0 Å². The molecule has 0 aliphatic rings. The summed E-state index contributed by atoms with van der Waals surface area (Å²) in [5, 5.41) is 0. The molecule has 0 radical (unpaired) electrons. The van der Waals surface area contributed by atoms with Crippen molar-refractivity contribution in [3.8, 4) is 0 Å². The molecule has 1 aromatic carbocycles. The summed E-state index contributed by atoms with van der Waals surface area (Å²) in [5.41, 5.74) is -0.553. The minimum Gasteiger partial charge on any atom is -0.206 e. The molecule has 0 amide bonds. The van der Waals surface area contributed by atoms with Crippen molar-refractivity contribution in [3.63, 3.8) is 0 Å². The van der Waals surface area contributed by atoms with Crippen LogP contribution >= 0.6 is 22.6 Å². The van der Waals surface area contributed by atoms with E-state index in [1.54, 1.807) is 0 Å². The van der Waals surface area contributed by atoms with Crippen LogP contribution in [0.2, 0.25) is 0 Å². The molecule has 0 saturated carbocycles. The fraction of sp³-hybridized carbons (Fsp3) is 0.250. The zero-order chi connectivity index (χ0) is 9.35. The first-order valence-electron chi connectivity index (χ1n) is 3.24. The van der Waals surface area contributed by atoms with Crippen LogP contribution < -0.4 is 0 Å². The Morgan fingerprint density at radius 3 is 2.33 bits per heavy atom. The van der Waals surface area contributed by atoms with Crippen LogP contribution in [0.4, 0.5) is 13.2 Å². The quantitative estimate of drug-likeness (QED) is 0.693. The molecule has 0 bridgehead atoms. The third kappa shape index (κ3) is 2.12. The molecule has 0 saturated heterocycles. The van der Waals surface area contributed by atoms with E-state index < -0.39 is 17.3 Å². The number of benzene rings is 1. The van der Waals surface area contributed by atoms with Gasteiger partial charge >= 0.3 is 0 Å². The zero-order valence-corrected chi connectivity index (χ0v) is 8.40. The van der Waals surface area contributed by atoms with Gasteiger partial charge in [0, 0.05) is 10.5 Å². The summed E-state index contributed by atoms with van der Waals surface area (Å²) in [6.45, 7) is 0.679. The highest BCUT2D eigenvalue weighted by atomic mass is 127. The van der Waals surface area contributed by atoms with Crippen molar-refractivity contribution in [3.05, 3.63) is 33.1 Å². The Labute approximate surface area is 81.9 Å². The Hall–Kier alpha value is -0.260. The third-order valence-corrected chi connectivity index (χ3v) is 2.08. The summed E-state index contributed by atoms with van der Waals surface area (Å²) in [4.78, 5) is 0. The molecule has 0 fully saturated rings. The number of alkyl halides is 2. The van der Waals surface area contributed by atoms with E-state index in [-0.39, 0.29) is 0 Å². The number of hydrogen-bond donors (Lipinski definition) is 0. The predicted molar refractivity (Wildman–Crippen MR) is 48.7 cm³/mol. The van der Waals surface area contributed by atoms with Gasteiger partial charge in [-0.2, -0.15) is 0 Å². The molecule has 0 unspecified atom stereocenters. The summed E-state index contributed by atoms with van der Waals surface area (Å²) in [7, 11) is 0. The first kappa shape index (κ1) is 9.83. The van der Waals surface area contributed by atoms with E-state index in [1.165, 1.54) is 6.07 Å². The molecular weight excluding hydrogens is 280 g/mol. The van der Waals surface area contributed by atoms with Crippen LogP contribution in [0.15, 0.2) is 18.2 Å². The highest BCUT2D eigenvalue weighted by molar-refractivity contribution is 14.1. The summed E-state index contributed by atoms with van der Waals surface area (Å²) in [6, 6.07) is 3.65. The van der Waals surface area contributed by atoms with E-state index in [4.69, 9.17) is 0 Å². The zero-order valence-electron chi connectivity index (χ0n) is 6.24. The first-order valence-corrected chi connectivity index (χ1v) is 4.32. The minimum absolute atomic E-state index is 0.553. The average Bonchev–Trinajstić information content (AvgIpc) is 1.83. The van der Waals surface area contributed by atoms with Gasteiger partial charge < -0.3 is 0 Å². The largest absolute Gasteiger partial charge is 0.273 e. The van der Waals surface area contributed by atoms with Gasteiger partial charge in [0.2, 0.25) is 0 Å². The predicted octanol–water partition coefficient (Wildman–Crippen LogP) is 3.54. The van der Waals surface area contributed by atoms with Crippen molar-refractivity contribution in [2.24, 2.45) is 0 Å². The van der Waals surface area contributed by atoms with Gasteiger partial charge in [0.05, 0.1) is 5.56 Å².